The summed E-state index contributed by atoms with van der Waals surface area (Å²) in [6.07, 6.45) is 0.665. The van der Waals surface area contributed by atoms with Gasteiger partial charge in [0, 0.05) is 11.9 Å². The lowest BCUT2D eigenvalue weighted by atomic mass is 10.3. The molecule has 0 fully saturated rings. The van der Waals surface area contributed by atoms with Crippen molar-refractivity contribution in [2.24, 2.45) is 5.73 Å². The molecule has 3 amide bonds. The molecule has 0 aromatic heterocycles. The fourth-order valence-corrected chi connectivity index (χ4v) is 2.25. The van der Waals surface area contributed by atoms with Gasteiger partial charge in [0.15, 0.2) is 0 Å². The Labute approximate surface area is 111 Å². The van der Waals surface area contributed by atoms with Gasteiger partial charge in [-0.1, -0.05) is 25.1 Å². The Hall–Kier alpha value is -1.69. The fourth-order valence-electron chi connectivity index (χ4n) is 1.28. The average Bonchev–Trinajstić information content (AvgIpc) is 2.36. The molecule has 0 saturated carbocycles. The number of hydrazine groups is 1. The molecule has 1 atom stereocenters. The molecule has 0 aliphatic rings. The Kier molecular flexibility index (Phi) is 5.51. The third kappa shape index (κ3) is 4.29. The normalized spacial score (nSPS) is 11.7. The van der Waals surface area contributed by atoms with Gasteiger partial charge in [-0.2, -0.15) is 0 Å². The van der Waals surface area contributed by atoms with Crippen LogP contribution in [0.3, 0.4) is 0 Å². The van der Waals surface area contributed by atoms with Crippen LogP contribution in [0.25, 0.3) is 0 Å². The summed E-state index contributed by atoms with van der Waals surface area (Å²) in [4.78, 5) is 23.8. The van der Waals surface area contributed by atoms with Crippen molar-refractivity contribution in [3.63, 3.8) is 0 Å². The van der Waals surface area contributed by atoms with E-state index >= 15 is 0 Å². The monoisotopic (exact) mass is 267 g/mol. The lowest BCUT2D eigenvalue weighted by Gasteiger charge is -2.20. The molecule has 5 nitrogen and oxygen atoms in total. The number of urea groups is 1. The van der Waals surface area contributed by atoms with Crippen LogP contribution in [0.4, 0.5) is 4.79 Å². The van der Waals surface area contributed by atoms with Crippen LogP contribution in [0.1, 0.15) is 13.3 Å². The molecule has 1 rings (SSSR count). The largest absolute Gasteiger partial charge is 0.350 e. The van der Waals surface area contributed by atoms with Gasteiger partial charge in [0.25, 0.3) is 5.91 Å². The van der Waals surface area contributed by atoms with Crippen LogP contribution in [0.5, 0.6) is 0 Å². The van der Waals surface area contributed by atoms with Crippen molar-refractivity contribution < 1.29 is 9.59 Å². The van der Waals surface area contributed by atoms with Crippen LogP contribution in [0.2, 0.25) is 0 Å². The molecule has 0 saturated heterocycles. The number of thioether (sulfide) groups is 1. The molecule has 98 valence electrons. The van der Waals surface area contributed by atoms with E-state index in [4.69, 9.17) is 5.73 Å². The highest BCUT2D eigenvalue weighted by atomic mass is 32.2. The summed E-state index contributed by atoms with van der Waals surface area (Å²) in [7, 11) is 1.42. The maximum absolute atomic E-state index is 11.9. The van der Waals surface area contributed by atoms with E-state index in [0.717, 1.165) is 9.90 Å². The van der Waals surface area contributed by atoms with Gasteiger partial charge >= 0.3 is 6.03 Å². The molecule has 0 aliphatic carbocycles. The number of nitrogens with zero attached hydrogens (tertiary/aromatic N) is 1. The van der Waals surface area contributed by atoms with E-state index in [1.807, 2.05) is 37.3 Å². The predicted molar refractivity (Wildman–Crippen MR) is 71.9 cm³/mol. The second-order valence-corrected chi connectivity index (χ2v) is 4.98. The van der Waals surface area contributed by atoms with Gasteiger partial charge in [-0.05, 0) is 18.6 Å². The average molecular weight is 267 g/mol. The summed E-state index contributed by atoms with van der Waals surface area (Å²) in [6.45, 7) is 1.92. The molecule has 1 aromatic carbocycles. The minimum Gasteiger partial charge on any atom is -0.350 e. The van der Waals surface area contributed by atoms with Crippen molar-refractivity contribution in [2.45, 2.75) is 23.5 Å². The Morgan fingerprint density at radius 3 is 2.50 bits per heavy atom. The Balaban J connectivity index is 2.61. The van der Waals surface area contributed by atoms with E-state index in [2.05, 4.69) is 5.43 Å². The maximum atomic E-state index is 11.9. The lowest BCUT2D eigenvalue weighted by molar-refractivity contribution is -0.123. The SMILES string of the molecule is CCC(Sc1ccccc1)C(=O)NN(C)C(N)=O. The quantitative estimate of drug-likeness (QED) is 0.642. The van der Waals surface area contributed by atoms with Crippen LogP contribution in [-0.4, -0.2) is 29.2 Å². The van der Waals surface area contributed by atoms with Gasteiger partial charge in [-0.3, -0.25) is 10.2 Å². The highest BCUT2D eigenvalue weighted by Gasteiger charge is 2.19. The molecule has 0 radical (unpaired) electrons. The van der Waals surface area contributed by atoms with Crippen molar-refractivity contribution in [2.75, 3.05) is 7.05 Å². The van der Waals surface area contributed by atoms with Crippen LogP contribution in [0.15, 0.2) is 35.2 Å². The molecule has 1 aromatic rings. The van der Waals surface area contributed by atoms with E-state index in [9.17, 15) is 9.59 Å². The molecule has 18 heavy (non-hydrogen) atoms. The van der Waals surface area contributed by atoms with Crippen molar-refractivity contribution in [1.82, 2.24) is 10.4 Å². The molecule has 0 bridgehead atoms. The molecular formula is C12H17N3O2S. The summed E-state index contributed by atoms with van der Waals surface area (Å²) >= 11 is 1.46. The first-order valence-corrected chi connectivity index (χ1v) is 6.48. The summed E-state index contributed by atoms with van der Waals surface area (Å²) in [6, 6.07) is 8.95. The second-order valence-electron chi connectivity index (χ2n) is 3.70. The number of amides is 3. The van der Waals surface area contributed by atoms with Crippen molar-refractivity contribution in [3.05, 3.63) is 30.3 Å². The van der Waals surface area contributed by atoms with E-state index in [1.165, 1.54) is 18.8 Å². The molecule has 0 spiro atoms. The number of primary amides is 1. The number of hydrogen-bond donors (Lipinski definition) is 2. The molecule has 3 N–H and O–H groups in total. The topological polar surface area (TPSA) is 75.4 Å². The Bertz CT molecular complexity index is 411. The van der Waals surface area contributed by atoms with Crippen LogP contribution >= 0.6 is 11.8 Å². The lowest BCUT2D eigenvalue weighted by Crippen LogP contribution is -2.48. The van der Waals surface area contributed by atoms with E-state index in [-0.39, 0.29) is 11.2 Å². The number of benzene rings is 1. The van der Waals surface area contributed by atoms with Gasteiger partial charge in [0.05, 0.1) is 5.25 Å². The summed E-state index contributed by atoms with van der Waals surface area (Å²) < 4.78 is 0. The molecule has 6 heteroatoms. The molecular weight excluding hydrogens is 250 g/mol. The number of carbonyl (C=O) groups is 2. The summed E-state index contributed by atoms with van der Waals surface area (Å²) in [5.41, 5.74) is 7.49. The number of hydrogen-bond acceptors (Lipinski definition) is 3. The number of carbonyl (C=O) groups excluding carboxylic acids is 2. The maximum Gasteiger partial charge on any atom is 0.333 e. The number of rotatable bonds is 4. The molecule has 0 aliphatic heterocycles. The Morgan fingerprint density at radius 2 is 2.00 bits per heavy atom. The van der Waals surface area contributed by atoms with Gasteiger partial charge in [0.2, 0.25) is 0 Å². The van der Waals surface area contributed by atoms with Crippen LogP contribution < -0.4 is 11.2 Å². The third-order valence-electron chi connectivity index (χ3n) is 2.29. The first-order chi connectivity index (χ1) is 8.54. The first kappa shape index (κ1) is 14.4. The second kappa shape index (κ2) is 6.90. The van der Waals surface area contributed by atoms with E-state index in [0.29, 0.717) is 6.42 Å². The van der Waals surface area contributed by atoms with Crippen LogP contribution in [0, 0.1) is 0 Å². The van der Waals surface area contributed by atoms with E-state index in [1.54, 1.807) is 0 Å². The first-order valence-electron chi connectivity index (χ1n) is 5.60. The molecule has 1 unspecified atom stereocenters. The van der Waals surface area contributed by atoms with Crippen molar-refractivity contribution in [3.8, 4) is 0 Å². The highest BCUT2D eigenvalue weighted by molar-refractivity contribution is 8.00. The summed E-state index contributed by atoms with van der Waals surface area (Å²) in [5, 5.41) is 0.727. The van der Waals surface area contributed by atoms with E-state index < -0.39 is 6.03 Å². The smallest absolute Gasteiger partial charge is 0.333 e. The third-order valence-corrected chi connectivity index (χ3v) is 3.67. The van der Waals surface area contributed by atoms with Gasteiger partial charge in [-0.15, -0.1) is 11.8 Å². The summed E-state index contributed by atoms with van der Waals surface area (Å²) in [5.74, 6) is -0.229. The van der Waals surface area contributed by atoms with Gasteiger partial charge < -0.3 is 5.73 Å². The minimum absolute atomic E-state index is 0.229. The Morgan fingerprint density at radius 1 is 1.39 bits per heavy atom. The van der Waals surface area contributed by atoms with Gasteiger partial charge in [-0.25, -0.2) is 9.80 Å². The van der Waals surface area contributed by atoms with Gasteiger partial charge in [0.1, 0.15) is 0 Å². The zero-order valence-electron chi connectivity index (χ0n) is 10.4. The fraction of sp³-hybridized carbons (Fsp3) is 0.333. The van der Waals surface area contributed by atoms with Crippen molar-refractivity contribution in [1.29, 1.82) is 0 Å². The predicted octanol–water partition coefficient (Wildman–Crippen LogP) is 1.60. The number of nitrogens with one attached hydrogen (secondary N) is 1. The standard InChI is InChI=1S/C12H17N3O2S/c1-3-10(11(16)14-15(2)12(13)17)18-9-7-5-4-6-8-9/h4-8,10H,3H2,1-2H3,(H2,13,17)(H,14,16). The minimum atomic E-state index is -0.692. The van der Waals surface area contributed by atoms with Crippen molar-refractivity contribution >= 4 is 23.7 Å². The molecule has 0 heterocycles. The highest BCUT2D eigenvalue weighted by Crippen LogP contribution is 2.25. The zero-order chi connectivity index (χ0) is 13.5. The van der Waals surface area contributed by atoms with Crippen LogP contribution in [-0.2, 0) is 4.79 Å². The zero-order valence-corrected chi connectivity index (χ0v) is 11.2. The number of nitrogens with two attached hydrogens (primary N) is 1.